The number of anilines is 1. The third-order valence-electron chi connectivity index (χ3n) is 2.89. The number of nitrogens with zero attached hydrogens (tertiary/aromatic N) is 2. The molecule has 0 spiro atoms. The lowest BCUT2D eigenvalue weighted by Crippen LogP contribution is -2.08. The van der Waals surface area contributed by atoms with Crippen LogP contribution in [0.3, 0.4) is 0 Å². The summed E-state index contributed by atoms with van der Waals surface area (Å²) in [7, 11) is 0. The first-order valence-corrected chi connectivity index (χ1v) is 5.58. The Bertz CT molecular complexity index is 499. The number of nitrogens with two attached hydrogens (primary N) is 1. The van der Waals surface area contributed by atoms with Crippen LogP contribution in [-0.2, 0) is 5.41 Å². The molecule has 0 atom stereocenters. The van der Waals surface area contributed by atoms with Crippen molar-refractivity contribution in [3.63, 3.8) is 0 Å². The van der Waals surface area contributed by atoms with E-state index in [1.54, 1.807) is 11.3 Å². The number of rotatable bonds is 1. The Labute approximate surface area is 86.0 Å². The van der Waals surface area contributed by atoms with Crippen LogP contribution in [-0.4, -0.2) is 9.97 Å². The average molecular weight is 205 g/mol. The van der Waals surface area contributed by atoms with Gasteiger partial charge in [0.2, 0.25) is 0 Å². The zero-order valence-corrected chi connectivity index (χ0v) is 8.77. The van der Waals surface area contributed by atoms with Crippen LogP contribution in [0, 0.1) is 0 Å². The molecular formula is C10H11N3S. The second-order valence-corrected chi connectivity index (χ2v) is 5.03. The van der Waals surface area contributed by atoms with Gasteiger partial charge in [0.15, 0.2) is 0 Å². The van der Waals surface area contributed by atoms with Gasteiger partial charge in [0.1, 0.15) is 16.5 Å². The first kappa shape index (κ1) is 8.17. The monoisotopic (exact) mass is 205 g/mol. The Morgan fingerprint density at radius 2 is 2.21 bits per heavy atom. The zero-order chi connectivity index (χ0) is 9.76. The molecule has 0 bridgehead atoms. The summed E-state index contributed by atoms with van der Waals surface area (Å²) in [5.74, 6) is 1.55. The van der Waals surface area contributed by atoms with Crippen molar-refractivity contribution in [2.75, 3.05) is 5.73 Å². The Balaban J connectivity index is 2.27. The molecule has 0 aliphatic heterocycles. The summed E-state index contributed by atoms with van der Waals surface area (Å²) in [5, 5.41) is 3.00. The first-order chi connectivity index (χ1) is 6.69. The Morgan fingerprint density at radius 1 is 1.43 bits per heavy atom. The molecule has 2 aromatic heterocycles. The normalized spacial score (nSPS) is 18.6. The van der Waals surface area contributed by atoms with E-state index in [1.807, 2.05) is 11.4 Å². The van der Waals surface area contributed by atoms with Gasteiger partial charge < -0.3 is 5.73 Å². The van der Waals surface area contributed by atoms with E-state index in [0.717, 1.165) is 16.0 Å². The standard InChI is InChI=1S/C10H11N3S/c1-10(3-4-10)9-12-7(11)6-2-5-14-8(6)13-9/h2,5H,3-4H2,1H3,(H2,11,12,13). The summed E-state index contributed by atoms with van der Waals surface area (Å²) < 4.78 is 0. The molecule has 0 saturated heterocycles. The minimum Gasteiger partial charge on any atom is -0.383 e. The third-order valence-corrected chi connectivity index (χ3v) is 3.70. The highest BCUT2D eigenvalue weighted by molar-refractivity contribution is 7.16. The van der Waals surface area contributed by atoms with Crippen LogP contribution < -0.4 is 5.73 Å². The van der Waals surface area contributed by atoms with Gasteiger partial charge in [-0.25, -0.2) is 9.97 Å². The highest BCUT2D eigenvalue weighted by Crippen LogP contribution is 2.46. The van der Waals surface area contributed by atoms with E-state index in [9.17, 15) is 0 Å². The number of nitrogen functional groups attached to an aromatic ring is 1. The van der Waals surface area contributed by atoms with Gasteiger partial charge in [0, 0.05) is 5.41 Å². The summed E-state index contributed by atoms with van der Waals surface area (Å²) in [4.78, 5) is 9.95. The fourth-order valence-electron chi connectivity index (χ4n) is 1.56. The number of hydrogen-bond acceptors (Lipinski definition) is 4. The SMILES string of the molecule is CC1(c2nc(N)c3ccsc3n2)CC1. The molecule has 1 fully saturated rings. The third kappa shape index (κ3) is 1.04. The molecule has 2 heterocycles. The lowest BCUT2D eigenvalue weighted by Gasteiger charge is -2.07. The van der Waals surface area contributed by atoms with E-state index in [2.05, 4.69) is 16.9 Å². The smallest absolute Gasteiger partial charge is 0.138 e. The Kier molecular flexibility index (Phi) is 1.43. The Hall–Kier alpha value is -1.16. The molecule has 0 amide bonds. The second kappa shape index (κ2) is 2.45. The van der Waals surface area contributed by atoms with Crippen molar-refractivity contribution in [3.8, 4) is 0 Å². The first-order valence-electron chi connectivity index (χ1n) is 4.70. The summed E-state index contributed by atoms with van der Waals surface area (Å²) in [6.45, 7) is 2.20. The molecule has 0 unspecified atom stereocenters. The molecule has 3 nitrogen and oxygen atoms in total. The van der Waals surface area contributed by atoms with E-state index in [0.29, 0.717) is 5.82 Å². The number of thiophene rings is 1. The molecule has 0 aromatic carbocycles. The minimum absolute atomic E-state index is 0.201. The van der Waals surface area contributed by atoms with Crippen molar-refractivity contribution in [2.45, 2.75) is 25.2 Å². The topological polar surface area (TPSA) is 51.8 Å². The molecule has 3 rings (SSSR count). The van der Waals surface area contributed by atoms with E-state index >= 15 is 0 Å². The molecule has 2 aromatic rings. The van der Waals surface area contributed by atoms with Crippen molar-refractivity contribution < 1.29 is 0 Å². The average Bonchev–Trinajstić information content (AvgIpc) is 2.75. The van der Waals surface area contributed by atoms with Crippen LogP contribution in [0.1, 0.15) is 25.6 Å². The van der Waals surface area contributed by atoms with Gasteiger partial charge in [-0.15, -0.1) is 11.3 Å². The lowest BCUT2D eigenvalue weighted by atomic mass is 10.1. The number of hydrogen-bond donors (Lipinski definition) is 1. The van der Waals surface area contributed by atoms with Gasteiger partial charge in [0.05, 0.1) is 5.39 Å². The van der Waals surface area contributed by atoms with Gasteiger partial charge in [-0.05, 0) is 24.3 Å². The van der Waals surface area contributed by atoms with Crippen LogP contribution in [0.5, 0.6) is 0 Å². The van der Waals surface area contributed by atoms with Crippen LogP contribution in [0.2, 0.25) is 0 Å². The van der Waals surface area contributed by atoms with Gasteiger partial charge >= 0.3 is 0 Å². The van der Waals surface area contributed by atoms with Gasteiger partial charge in [-0.3, -0.25) is 0 Å². The van der Waals surface area contributed by atoms with E-state index in [4.69, 9.17) is 5.73 Å². The van der Waals surface area contributed by atoms with Crippen molar-refractivity contribution in [3.05, 3.63) is 17.3 Å². The largest absolute Gasteiger partial charge is 0.383 e. The fourth-order valence-corrected chi connectivity index (χ4v) is 2.33. The maximum atomic E-state index is 5.88. The highest BCUT2D eigenvalue weighted by Gasteiger charge is 2.42. The highest BCUT2D eigenvalue weighted by atomic mass is 32.1. The van der Waals surface area contributed by atoms with Crippen LogP contribution in [0.15, 0.2) is 11.4 Å². The van der Waals surface area contributed by atoms with E-state index < -0.39 is 0 Å². The van der Waals surface area contributed by atoms with E-state index in [-0.39, 0.29) is 5.41 Å². The molecule has 1 aliphatic rings. The predicted molar refractivity (Wildman–Crippen MR) is 58.4 cm³/mol. The van der Waals surface area contributed by atoms with E-state index in [1.165, 1.54) is 12.8 Å². The molecule has 1 aliphatic carbocycles. The Morgan fingerprint density at radius 3 is 2.93 bits per heavy atom. The summed E-state index contributed by atoms with van der Waals surface area (Å²) in [6.07, 6.45) is 2.37. The lowest BCUT2D eigenvalue weighted by molar-refractivity contribution is 0.718. The molecule has 2 N–H and O–H groups in total. The minimum atomic E-state index is 0.201. The number of aromatic nitrogens is 2. The summed E-state index contributed by atoms with van der Waals surface area (Å²) >= 11 is 1.63. The molecule has 0 radical (unpaired) electrons. The second-order valence-electron chi connectivity index (χ2n) is 4.13. The zero-order valence-electron chi connectivity index (χ0n) is 7.95. The van der Waals surface area contributed by atoms with Crippen molar-refractivity contribution in [1.82, 2.24) is 9.97 Å². The van der Waals surface area contributed by atoms with Crippen molar-refractivity contribution >= 4 is 27.4 Å². The molecule has 1 saturated carbocycles. The predicted octanol–water partition coefficient (Wildman–Crippen LogP) is 2.33. The van der Waals surface area contributed by atoms with Crippen LogP contribution >= 0.6 is 11.3 Å². The van der Waals surface area contributed by atoms with Crippen LogP contribution in [0.4, 0.5) is 5.82 Å². The van der Waals surface area contributed by atoms with Crippen LogP contribution in [0.25, 0.3) is 10.2 Å². The van der Waals surface area contributed by atoms with Gasteiger partial charge in [0.25, 0.3) is 0 Å². The number of fused-ring (bicyclic) bond motifs is 1. The maximum absolute atomic E-state index is 5.88. The molecular weight excluding hydrogens is 194 g/mol. The summed E-state index contributed by atoms with van der Waals surface area (Å²) in [5.41, 5.74) is 6.08. The van der Waals surface area contributed by atoms with Crippen molar-refractivity contribution in [2.24, 2.45) is 0 Å². The fraction of sp³-hybridized carbons (Fsp3) is 0.400. The van der Waals surface area contributed by atoms with Gasteiger partial charge in [-0.1, -0.05) is 6.92 Å². The molecule has 4 heteroatoms. The van der Waals surface area contributed by atoms with Gasteiger partial charge in [-0.2, -0.15) is 0 Å². The quantitative estimate of drug-likeness (QED) is 0.777. The van der Waals surface area contributed by atoms with Crippen molar-refractivity contribution in [1.29, 1.82) is 0 Å². The maximum Gasteiger partial charge on any atom is 0.138 e. The molecule has 72 valence electrons. The summed E-state index contributed by atoms with van der Waals surface area (Å²) in [6, 6.07) is 1.98. The molecule has 14 heavy (non-hydrogen) atoms.